The van der Waals surface area contributed by atoms with Gasteiger partial charge in [-0.25, -0.2) is 4.39 Å². The fourth-order valence-electron chi connectivity index (χ4n) is 5.50. The van der Waals surface area contributed by atoms with Crippen LogP contribution in [0.4, 0.5) is 4.39 Å². The summed E-state index contributed by atoms with van der Waals surface area (Å²) in [7, 11) is 0. The Morgan fingerprint density at radius 2 is 1.87 bits per heavy atom. The third-order valence-corrected chi connectivity index (χ3v) is 6.87. The Bertz CT molecular complexity index is 779. The molecule has 2 amide bonds. The average molecular weight is 432 g/mol. The molecule has 1 N–H and O–H groups in total. The van der Waals surface area contributed by atoms with Gasteiger partial charge in [0.25, 0.3) is 0 Å². The number of nitrogens with one attached hydrogen (secondary N) is 1. The number of ether oxygens (including phenoxy) is 1. The van der Waals surface area contributed by atoms with E-state index in [0.717, 1.165) is 38.0 Å². The largest absolute Gasteiger partial charge is 0.376 e. The molecule has 3 aliphatic heterocycles. The van der Waals surface area contributed by atoms with Crippen LogP contribution in [0.1, 0.15) is 45.1 Å². The van der Waals surface area contributed by atoms with Crippen molar-refractivity contribution in [1.29, 1.82) is 0 Å². The van der Waals surface area contributed by atoms with Gasteiger partial charge in [-0.2, -0.15) is 0 Å². The summed E-state index contributed by atoms with van der Waals surface area (Å²) in [5, 5.41) is 2.96. The van der Waals surface area contributed by atoms with E-state index in [1.54, 1.807) is 0 Å². The van der Waals surface area contributed by atoms with E-state index in [-0.39, 0.29) is 47.7 Å². The molecule has 0 bridgehead atoms. The zero-order valence-electron chi connectivity index (χ0n) is 18.6. The van der Waals surface area contributed by atoms with Gasteiger partial charge in [0.05, 0.1) is 19.1 Å². The average Bonchev–Trinajstić information content (AvgIpc) is 3.43. The summed E-state index contributed by atoms with van der Waals surface area (Å²) in [6.45, 7) is 7.69. The maximum atomic E-state index is 13.3. The van der Waals surface area contributed by atoms with Gasteiger partial charge in [0, 0.05) is 50.6 Å². The van der Waals surface area contributed by atoms with Crippen molar-refractivity contribution in [3.8, 4) is 0 Å². The number of rotatable bonds is 7. The standard InChI is InChI=1S/C24H34FN3O3/c1-16(2)26-22(29)12-21-24-18(11-23(30)27-9-3-4-10-27)14-28(20(24)15-31-21)13-17-5-7-19(25)8-6-17/h5-8,16,18,20-21,24H,3-4,9-15H2,1-2H3,(H,26,29)/t18-,20-,21+,24-/m1/s1. The number of hydrogen-bond acceptors (Lipinski definition) is 4. The molecule has 170 valence electrons. The molecule has 31 heavy (non-hydrogen) atoms. The number of halogens is 1. The Labute approximate surface area is 184 Å². The molecule has 6 nitrogen and oxygen atoms in total. The molecule has 3 aliphatic rings. The first-order valence-corrected chi connectivity index (χ1v) is 11.6. The lowest BCUT2D eigenvalue weighted by Gasteiger charge is -2.25. The van der Waals surface area contributed by atoms with Crippen molar-refractivity contribution in [3.05, 3.63) is 35.6 Å². The predicted octanol–water partition coefficient (Wildman–Crippen LogP) is 2.57. The number of carbonyl (C=O) groups is 2. The third kappa shape index (κ3) is 5.26. The van der Waals surface area contributed by atoms with Crippen LogP contribution in [0.5, 0.6) is 0 Å². The van der Waals surface area contributed by atoms with Crippen molar-refractivity contribution in [2.75, 3.05) is 26.2 Å². The molecule has 1 aromatic carbocycles. The van der Waals surface area contributed by atoms with E-state index >= 15 is 0 Å². The van der Waals surface area contributed by atoms with Gasteiger partial charge >= 0.3 is 0 Å². The molecule has 0 saturated carbocycles. The molecule has 0 spiro atoms. The fourth-order valence-corrected chi connectivity index (χ4v) is 5.50. The zero-order valence-corrected chi connectivity index (χ0v) is 18.6. The first-order valence-electron chi connectivity index (χ1n) is 11.6. The maximum absolute atomic E-state index is 13.3. The Balaban J connectivity index is 1.47. The van der Waals surface area contributed by atoms with Crippen molar-refractivity contribution < 1.29 is 18.7 Å². The molecule has 3 saturated heterocycles. The second kappa shape index (κ2) is 9.65. The molecular formula is C24H34FN3O3. The van der Waals surface area contributed by atoms with Crippen molar-refractivity contribution in [2.24, 2.45) is 11.8 Å². The Kier molecular flexibility index (Phi) is 6.92. The molecule has 3 heterocycles. The van der Waals surface area contributed by atoms with E-state index in [1.165, 1.54) is 12.1 Å². The smallest absolute Gasteiger partial charge is 0.222 e. The molecule has 4 atom stereocenters. The Hall–Kier alpha value is -1.99. The van der Waals surface area contributed by atoms with Crippen molar-refractivity contribution in [1.82, 2.24) is 15.1 Å². The number of likely N-dealkylation sites (tertiary alicyclic amines) is 2. The van der Waals surface area contributed by atoms with Gasteiger partial charge in [-0.05, 0) is 50.3 Å². The molecule has 0 aromatic heterocycles. The van der Waals surface area contributed by atoms with Crippen LogP contribution in [-0.4, -0.2) is 66.0 Å². The molecule has 3 fully saturated rings. The molecule has 1 aromatic rings. The number of nitrogens with zero attached hydrogens (tertiary/aromatic N) is 2. The number of fused-ring (bicyclic) bond motifs is 1. The second-order valence-corrected chi connectivity index (χ2v) is 9.55. The van der Waals surface area contributed by atoms with Crippen molar-refractivity contribution in [2.45, 2.75) is 64.3 Å². The fraction of sp³-hybridized carbons (Fsp3) is 0.667. The van der Waals surface area contributed by atoms with Crippen molar-refractivity contribution >= 4 is 11.8 Å². The van der Waals surface area contributed by atoms with Gasteiger partial charge in [0.1, 0.15) is 5.82 Å². The lowest BCUT2D eigenvalue weighted by Crippen LogP contribution is -2.37. The normalized spacial score (nSPS) is 28.3. The van der Waals surface area contributed by atoms with Crippen LogP contribution in [0.15, 0.2) is 24.3 Å². The van der Waals surface area contributed by atoms with Crippen LogP contribution >= 0.6 is 0 Å². The summed E-state index contributed by atoms with van der Waals surface area (Å²) >= 11 is 0. The Morgan fingerprint density at radius 1 is 1.16 bits per heavy atom. The van der Waals surface area contributed by atoms with Crippen LogP contribution in [0.3, 0.4) is 0 Å². The van der Waals surface area contributed by atoms with E-state index in [2.05, 4.69) is 10.2 Å². The summed E-state index contributed by atoms with van der Waals surface area (Å²) in [6.07, 6.45) is 2.84. The zero-order chi connectivity index (χ0) is 22.0. The van der Waals surface area contributed by atoms with Gasteiger partial charge in [-0.1, -0.05) is 12.1 Å². The molecular weight excluding hydrogens is 397 g/mol. The van der Waals surface area contributed by atoms with E-state index in [4.69, 9.17) is 4.74 Å². The number of amides is 2. The molecule has 0 aliphatic carbocycles. The van der Waals surface area contributed by atoms with Gasteiger partial charge in [-0.3, -0.25) is 14.5 Å². The molecule has 0 unspecified atom stereocenters. The lowest BCUT2D eigenvalue weighted by molar-refractivity contribution is -0.131. The summed E-state index contributed by atoms with van der Waals surface area (Å²) < 4.78 is 19.4. The quantitative estimate of drug-likeness (QED) is 0.721. The van der Waals surface area contributed by atoms with Crippen LogP contribution in [-0.2, 0) is 20.9 Å². The van der Waals surface area contributed by atoms with Crippen LogP contribution in [0.25, 0.3) is 0 Å². The van der Waals surface area contributed by atoms with Gasteiger partial charge < -0.3 is 15.0 Å². The third-order valence-electron chi connectivity index (χ3n) is 6.87. The SMILES string of the molecule is CC(C)NC(=O)C[C@@H]1OC[C@@H]2[C@H]1[C@H](CC(=O)N1CCCC1)CN2Cc1ccc(F)cc1. The number of carbonyl (C=O) groups excluding carboxylic acids is 2. The van der Waals surface area contributed by atoms with E-state index < -0.39 is 0 Å². The summed E-state index contributed by atoms with van der Waals surface area (Å²) in [4.78, 5) is 29.7. The van der Waals surface area contributed by atoms with Gasteiger partial charge in [-0.15, -0.1) is 0 Å². The maximum Gasteiger partial charge on any atom is 0.222 e. The Morgan fingerprint density at radius 3 is 2.55 bits per heavy atom. The minimum absolute atomic E-state index is 0.00209. The lowest BCUT2D eigenvalue weighted by atomic mass is 9.84. The summed E-state index contributed by atoms with van der Waals surface area (Å²) in [5.41, 5.74) is 1.05. The first kappa shape index (κ1) is 22.2. The van der Waals surface area contributed by atoms with E-state index in [0.29, 0.717) is 26.0 Å². The topological polar surface area (TPSA) is 61.9 Å². The minimum Gasteiger partial charge on any atom is -0.376 e. The summed E-state index contributed by atoms with van der Waals surface area (Å²) in [6, 6.07) is 6.88. The van der Waals surface area contributed by atoms with Gasteiger partial charge in [0.2, 0.25) is 11.8 Å². The summed E-state index contributed by atoms with van der Waals surface area (Å²) in [5.74, 6) is 0.310. The molecule has 4 rings (SSSR count). The number of hydrogen-bond donors (Lipinski definition) is 1. The molecule has 0 radical (unpaired) electrons. The highest BCUT2D eigenvalue weighted by Gasteiger charge is 2.51. The van der Waals surface area contributed by atoms with Crippen LogP contribution < -0.4 is 5.32 Å². The molecule has 7 heteroatoms. The minimum atomic E-state index is -0.238. The first-order chi connectivity index (χ1) is 14.9. The predicted molar refractivity (Wildman–Crippen MR) is 116 cm³/mol. The highest BCUT2D eigenvalue weighted by Crippen LogP contribution is 2.42. The van der Waals surface area contributed by atoms with Crippen LogP contribution in [0.2, 0.25) is 0 Å². The highest BCUT2D eigenvalue weighted by atomic mass is 19.1. The van der Waals surface area contributed by atoms with E-state index in [9.17, 15) is 14.0 Å². The number of benzene rings is 1. The van der Waals surface area contributed by atoms with Gasteiger partial charge in [0.15, 0.2) is 0 Å². The highest BCUT2D eigenvalue weighted by molar-refractivity contribution is 5.77. The second-order valence-electron chi connectivity index (χ2n) is 9.55. The van der Waals surface area contributed by atoms with E-state index in [1.807, 2.05) is 30.9 Å². The van der Waals surface area contributed by atoms with Crippen molar-refractivity contribution in [3.63, 3.8) is 0 Å². The monoisotopic (exact) mass is 431 g/mol. The van der Waals surface area contributed by atoms with Crippen LogP contribution in [0, 0.1) is 17.7 Å².